The first-order valence-corrected chi connectivity index (χ1v) is 6.79. The molecule has 0 spiro atoms. The molecule has 0 amide bonds. The molecule has 0 bridgehead atoms. The molecule has 1 heterocycles. The number of methoxy groups -OCH3 is 1. The molecule has 104 valence electrons. The Labute approximate surface area is 119 Å². The van der Waals surface area contributed by atoms with Crippen LogP contribution in [0.25, 0.3) is 0 Å². The zero-order chi connectivity index (χ0) is 13.8. The lowest BCUT2D eigenvalue weighted by Crippen LogP contribution is -2.19. The summed E-state index contributed by atoms with van der Waals surface area (Å²) in [4.78, 5) is 0. The van der Waals surface area contributed by atoms with Gasteiger partial charge in [-0.15, -0.1) is 0 Å². The molecule has 0 saturated heterocycles. The van der Waals surface area contributed by atoms with E-state index in [1.54, 1.807) is 7.11 Å². The first kappa shape index (κ1) is 13.0. The number of benzene rings is 2. The van der Waals surface area contributed by atoms with Crippen molar-refractivity contribution < 1.29 is 14.2 Å². The zero-order valence-electron chi connectivity index (χ0n) is 11.5. The summed E-state index contributed by atoms with van der Waals surface area (Å²) in [5.74, 6) is 2.25. The fraction of sp³-hybridized carbons (Fsp3) is 0.294. The third-order valence-corrected chi connectivity index (χ3v) is 3.57. The Morgan fingerprint density at radius 1 is 1.10 bits per heavy atom. The molecule has 0 N–H and O–H groups in total. The van der Waals surface area contributed by atoms with Crippen LogP contribution in [0.15, 0.2) is 48.5 Å². The van der Waals surface area contributed by atoms with Gasteiger partial charge in [0.1, 0.15) is 11.5 Å². The Morgan fingerprint density at radius 2 is 1.90 bits per heavy atom. The zero-order valence-corrected chi connectivity index (χ0v) is 11.5. The van der Waals surface area contributed by atoms with Gasteiger partial charge in [0, 0.05) is 13.0 Å². The molecule has 2 aromatic carbocycles. The van der Waals surface area contributed by atoms with Crippen LogP contribution in [0.2, 0.25) is 0 Å². The van der Waals surface area contributed by atoms with Crippen molar-refractivity contribution in [3.63, 3.8) is 0 Å². The Hall–Kier alpha value is -2.00. The van der Waals surface area contributed by atoms with E-state index in [2.05, 4.69) is 24.3 Å². The van der Waals surface area contributed by atoms with E-state index in [9.17, 15) is 0 Å². The van der Waals surface area contributed by atoms with Crippen LogP contribution in [0.1, 0.15) is 17.0 Å². The molecule has 3 nitrogen and oxygen atoms in total. The van der Waals surface area contributed by atoms with Gasteiger partial charge in [-0.25, -0.2) is 0 Å². The number of hydrogen-bond acceptors (Lipinski definition) is 3. The average molecular weight is 270 g/mol. The number of ether oxygens (including phenoxy) is 3. The molecule has 0 fully saturated rings. The van der Waals surface area contributed by atoms with Crippen LogP contribution < -0.4 is 9.47 Å². The molecular formula is C17H18O3. The molecule has 1 aliphatic heterocycles. The van der Waals surface area contributed by atoms with E-state index < -0.39 is 0 Å². The van der Waals surface area contributed by atoms with Crippen molar-refractivity contribution in [2.45, 2.75) is 12.3 Å². The number of hydrogen-bond donors (Lipinski definition) is 0. The second-order valence-corrected chi connectivity index (χ2v) is 4.94. The fourth-order valence-corrected chi connectivity index (χ4v) is 2.51. The third-order valence-electron chi connectivity index (χ3n) is 3.57. The second kappa shape index (κ2) is 5.97. The summed E-state index contributed by atoms with van der Waals surface area (Å²) >= 11 is 0. The average Bonchev–Trinajstić information content (AvgIpc) is 2.53. The lowest BCUT2D eigenvalue weighted by molar-refractivity contribution is 0.0511. The monoisotopic (exact) mass is 270 g/mol. The molecule has 0 radical (unpaired) electrons. The summed E-state index contributed by atoms with van der Waals surface area (Å²) in [6, 6.07) is 16.4. The van der Waals surface area contributed by atoms with Crippen molar-refractivity contribution in [3.05, 3.63) is 59.7 Å². The molecule has 1 aliphatic rings. The maximum atomic E-state index is 5.83. The largest absolute Gasteiger partial charge is 0.493 e. The minimum Gasteiger partial charge on any atom is -0.493 e. The van der Waals surface area contributed by atoms with Gasteiger partial charge in [-0.1, -0.05) is 30.3 Å². The smallest absolute Gasteiger partial charge is 0.188 e. The third kappa shape index (κ3) is 2.78. The van der Waals surface area contributed by atoms with E-state index in [0.717, 1.165) is 24.5 Å². The van der Waals surface area contributed by atoms with Gasteiger partial charge in [0.2, 0.25) is 0 Å². The van der Waals surface area contributed by atoms with E-state index in [0.29, 0.717) is 5.92 Å². The van der Waals surface area contributed by atoms with Gasteiger partial charge >= 0.3 is 0 Å². The molecule has 0 saturated carbocycles. The summed E-state index contributed by atoms with van der Waals surface area (Å²) in [6.07, 6.45) is 1.02. The molecule has 3 rings (SSSR count). The molecule has 2 aromatic rings. The van der Waals surface area contributed by atoms with Crippen LogP contribution in [-0.4, -0.2) is 20.5 Å². The maximum Gasteiger partial charge on any atom is 0.188 e. The van der Waals surface area contributed by atoms with Crippen LogP contribution in [0, 0.1) is 0 Å². The van der Waals surface area contributed by atoms with Crippen molar-refractivity contribution in [3.8, 4) is 11.5 Å². The minimum absolute atomic E-state index is 0.277. The van der Waals surface area contributed by atoms with Crippen LogP contribution in [0.5, 0.6) is 11.5 Å². The summed E-state index contributed by atoms with van der Waals surface area (Å²) in [6.45, 7) is 1.01. The van der Waals surface area contributed by atoms with Gasteiger partial charge < -0.3 is 14.2 Å². The summed E-state index contributed by atoms with van der Waals surface area (Å²) < 4.78 is 16.1. The number of fused-ring (bicyclic) bond motifs is 1. The lowest BCUT2D eigenvalue weighted by Gasteiger charge is -2.25. The van der Waals surface area contributed by atoms with Crippen molar-refractivity contribution in [1.82, 2.24) is 0 Å². The van der Waals surface area contributed by atoms with Gasteiger partial charge in [0.05, 0.1) is 6.61 Å². The lowest BCUT2D eigenvalue weighted by atomic mass is 9.90. The highest BCUT2D eigenvalue weighted by molar-refractivity contribution is 5.38. The highest BCUT2D eigenvalue weighted by Crippen LogP contribution is 2.32. The molecular weight excluding hydrogens is 252 g/mol. The predicted octanol–water partition coefficient (Wildman–Crippen LogP) is 3.39. The first-order valence-electron chi connectivity index (χ1n) is 6.79. The number of para-hydroxylation sites is 1. The van der Waals surface area contributed by atoms with Crippen LogP contribution >= 0.6 is 0 Å². The van der Waals surface area contributed by atoms with E-state index >= 15 is 0 Å². The predicted molar refractivity (Wildman–Crippen MR) is 77.3 cm³/mol. The SMILES string of the molecule is COCOc1ccc(C2COc3ccccc3C2)cc1. The van der Waals surface area contributed by atoms with E-state index in [1.165, 1.54) is 11.1 Å². The van der Waals surface area contributed by atoms with Gasteiger partial charge in [-0.2, -0.15) is 0 Å². The molecule has 0 aromatic heterocycles. The minimum atomic E-state index is 0.277. The Bertz CT molecular complexity index is 563. The first-order chi connectivity index (χ1) is 9.86. The Kier molecular flexibility index (Phi) is 3.88. The second-order valence-electron chi connectivity index (χ2n) is 4.94. The number of rotatable bonds is 4. The van der Waals surface area contributed by atoms with Gasteiger partial charge in [0.25, 0.3) is 0 Å². The Morgan fingerprint density at radius 3 is 2.70 bits per heavy atom. The van der Waals surface area contributed by atoms with E-state index in [1.807, 2.05) is 24.3 Å². The molecule has 3 heteroatoms. The summed E-state index contributed by atoms with van der Waals surface area (Å²) in [5, 5.41) is 0. The molecule has 1 unspecified atom stereocenters. The molecule has 0 aliphatic carbocycles. The van der Waals surface area contributed by atoms with E-state index in [-0.39, 0.29) is 6.79 Å². The molecule has 20 heavy (non-hydrogen) atoms. The highest BCUT2D eigenvalue weighted by Gasteiger charge is 2.20. The van der Waals surface area contributed by atoms with Crippen LogP contribution in [-0.2, 0) is 11.2 Å². The highest BCUT2D eigenvalue weighted by atomic mass is 16.7. The van der Waals surface area contributed by atoms with Gasteiger partial charge in [0.15, 0.2) is 6.79 Å². The Balaban J connectivity index is 1.71. The van der Waals surface area contributed by atoms with Crippen molar-refractivity contribution >= 4 is 0 Å². The van der Waals surface area contributed by atoms with E-state index in [4.69, 9.17) is 14.2 Å². The van der Waals surface area contributed by atoms with Crippen molar-refractivity contribution in [1.29, 1.82) is 0 Å². The van der Waals surface area contributed by atoms with Crippen molar-refractivity contribution in [2.75, 3.05) is 20.5 Å². The normalized spacial score (nSPS) is 17.1. The topological polar surface area (TPSA) is 27.7 Å². The standard InChI is InChI=1S/C17H18O3/c1-18-12-20-16-8-6-13(7-9-16)15-10-14-4-2-3-5-17(14)19-11-15/h2-9,15H,10-12H2,1H3. The summed E-state index contributed by atoms with van der Waals surface area (Å²) in [7, 11) is 1.62. The summed E-state index contributed by atoms with van der Waals surface area (Å²) in [5.41, 5.74) is 2.56. The van der Waals surface area contributed by atoms with Crippen molar-refractivity contribution in [2.24, 2.45) is 0 Å². The maximum absolute atomic E-state index is 5.83. The van der Waals surface area contributed by atoms with Crippen LogP contribution in [0.4, 0.5) is 0 Å². The quantitative estimate of drug-likeness (QED) is 0.797. The molecule has 1 atom stereocenters. The fourth-order valence-electron chi connectivity index (χ4n) is 2.51. The van der Waals surface area contributed by atoms with Gasteiger partial charge in [-0.3, -0.25) is 0 Å². The van der Waals surface area contributed by atoms with Crippen LogP contribution in [0.3, 0.4) is 0 Å². The van der Waals surface area contributed by atoms with Gasteiger partial charge in [-0.05, 0) is 35.7 Å².